The van der Waals surface area contributed by atoms with Crippen LogP contribution in [0.1, 0.15) is 138 Å². The summed E-state index contributed by atoms with van der Waals surface area (Å²) in [6, 6.07) is 10.8. The van der Waals surface area contributed by atoms with E-state index < -0.39 is 0 Å². The Bertz CT molecular complexity index is 4000. The summed E-state index contributed by atoms with van der Waals surface area (Å²) >= 11 is 8.73. The number of carbonyl (C=O) groups excluding carboxylic acids is 5. The minimum absolute atomic E-state index is 0. The van der Waals surface area contributed by atoms with Gasteiger partial charge in [0.25, 0.3) is 0 Å². The predicted molar refractivity (Wildman–Crippen MR) is 312 cm³/mol. The van der Waals surface area contributed by atoms with Crippen LogP contribution in [0, 0.1) is 69.4 Å². The van der Waals surface area contributed by atoms with Crippen molar-refractivity contribution in [2.75, 3.05) is 0 Å². The van der Waals surface area contributed by atoms with Crippen LogP contribution in [0.15, 0.2) is 30.3 Å². The maximum Gasteiger partial charge on any atom is 0.239 e. The Morgan fingerprint density at radius 1 is 0.350 bits per heavy atom. The van der Waals surface area contributed by atoms with Crippen molar-refractivity contribution in [1.29, 1.82) is 0 Å². The molecule has 5 aliphatic rings. The number of thiophene rings is 5. The molecular weight excluding hydrogens is 4310 g/mol. The largest absolute Gasteiger partial charge is 0.595 e. The number of carbonyl (C=O) groups is 5. The van der Waals surface area contributed by atoms with Crippen LogP contribution in [0.4, 0.5) is 0 Å². The molecule has 0 fully saturated rings. The van der Waals surface area contributed by atoms with Gasteiger partial charge in [0.15, 0.2) is 0 Å². The fourth-order valence-electron chi connectivity index (χ4n) is 10.8. The average Bonchev–Trinajstić information content (AvgIpc) is 1.63. The van der Waals surface area contributed by atoms with Gasteiger partial charge in [0, 0.05) is 551 Å². The number of aromatic nitrogens is 10. The first-order chi connectivity index (χ1) is 38.4. The number of hydrogen-bond acceptors (Lipinski definition) is 15. The van der Waals surface area contributed by atoms with Gasteiger partial charge in [-0.2, -0.15) is 27.7 Å². The van der Waals surface area contributed by atoms with E-state index >= 15 is 0 Å². The second-order valence-corrected chi connectivity index (χ2v) is 26.3. The summed E-state index contributed by atoms with van der Waals surface area (Å²) in [5.74, 6) is -1.19. The van der Waals surface area contributed by atoms with Gasteiger partial charge < -0.3 is 75.5 Å². The summed E-state index contributed by atoms with van der Waals surface area (Å²) in [7, 11) is 3.40. The second kappa shape index (κ2) is 58.8. The number of fused-ring (bicyclic) bond motifs is 15. The predicted octanol–water partition coefficient (Wildman–Crippen LogP) is 10.4. The Labute approximate surface area is 944 Å². The van der Waals surface area contributed by atoms with E-state index in [4.69, 9.17) is 0 Å². The summed E-state index contributed by atoms with van der Waals surface area (Å²) in [5, 5.41) is 42.7. The van der Waals surface area contributed by atoms with Gasteiger partial charge in [0.1, 0.15) is 5.69 Å². The minimum Gasteiger partial charge on any atom is -0.595 e. The Balaban J connectivity index is -0.000000121. The third-order valence-electron chi connectivity index (χ3n) is 14.2. The van der Waals surface area contributed by atoms with Gasteiger partial charge in [-0.3, -0.25) is 11.8 Å². The molecule has 1 N–H and O–H groups in total. The Morgan fingerprint density at radius 2 is 0.650 bits per heavy atom. The maximum absolute atomic E-state index is 11.7. The molecule has 41 heteroatoms. The molecule has 1 amide bonds. The van der Waals surface area contributed by atoms with E-state index in [1.54, 1.807) is 56.7 Å². The summed E-state index contributed by atoms with van der Waals surface area (Å²) in [4.78, 5) is 69.2. The van der Waals surface area contributed by atoms with Gasteiger partial charge in [-0.05, 0) is 156 Å². The Hall–Kier alpha value is 8.02. The molecular formula is C59H49N11O5S5W15Y5-10. The number of Topliss-reactive ketones (excluding diaryl/α,β-unsaturated/α-hetero) is 4. The number of nitrogens with one attached hydrogen (secondary N) is 1. The van der Waals surface area contributed by atoms with Gasteiger partial charge in [-0.1, -0.05) is 28.5 Å². The molecule has 5 radical (unpaired) electrons. The monoisotopic (exact) mass is 4360 g/mol. The van der Waals surface area contributed by atoms with Crippen molar-refractivity contribution >= 4 is 85.7 Å². The second-order valence-electron chi connectivity index (χ2n) is 19.8. The molecule has 0 aromatic carbocycles. The zero-order valence-electron chi connectivity index (χ0n) is 53.4. The number of hydrogen-bond donors (Lipinski definition) is 1. The zero-order chi connectivity index (χ0) is 56.4. The first-order valence-corrected chi connectivity index (χ1v) is 29.6. The van der Waals surface area contributed by atoms with Crippen LogP contribution in [0.3, 0.4) is 0 Å². The molecule has 16 nitrogen and oxygen atoms in total. The van der Waals surface area contributed by atoms with Crippen molar-refractivity contribution in [2.45, 2.75) is 92.4 Å². The van der Waals surface area contributed by atoms with Crippen molar-refractivity contribution in [3.05, 3.63) is 172 Å². The topological polar surface area (TPSA) is 232 Å². The van der Waals surface area contributed by atoms with E-state index in [1.807, 2.05) is 0 Å². The molecule has 0 spiro atoms. The molecule has 0 atom stereocenters. The fraction of sp³-hybridized carbons (Fsp3) is 0.237. The van der Waals surface area contributed by atoms with Crippen molar-refractivity contribution in [3.63, 3.8) is 0 Å². The van der Waals surface area contributed by atoms with Crippen molar-refractivity contribution < 1.29 is 503 Å². The SMILES string of the molecule is [CH2-]C(=O)c1n[n-]c2c1CCc1cc(C)sc1-2.[CH2-]C(=O)c1n[n-]c2c1CCc1sc(C)cc1-2.[CH2-]C(=O)c1n[n-]c2c1Cc1cc(C)sc1-2.[CH2-]C(=O)c1n[n-]c2c1Cc1sc(C)cc1-2.[CH2-]NC(=O)c1n[n-]c2c1CCCc1cc(C)sc1-2.[W].[W].[W].[W].[W].[W].[W].[W].[W].[W].[W].[W].[W].[W].[W].[Y].[Y].[Y].[Y].[Y]. The smallest absolute Gasteiger partial charge is 0.239 e. The van der Waals surface area contributed by atoms with Crippen molar-refractivity contribution in [1.82, 2.24) is 56.3 Å². The van der Waals surface area contributed by atoms with Crippen LogP contribution < -0.4 is 30.8 Å². The van der Waals surface area contributed by atoms with Crippen LogP contribution in [0.25, 0.3) is 54.2 Å². The van der Waals surface area contributed by atoms with Gasteiger partial charge in [0.2, 0.25) is 5.91 Å². The molecule has 0 saturated heterocycles. The number of rotatable bonds is 5. The molecule has 10 aromatic heterocycles. The van der Waals surface area contributed by atoms with Gasteiger partial charge in [-0.15, -0.1) is 102 Å². The molecule has 15 rings (SSSR count). The minimum atomic E-state index is -0.250. The average molecular weight is 4350 g/mol. The summed E-state index contributed by atoms with van der Waals surface area (Å²) < 4.78 is 0. The van der Waals surface area contributed by atoms with E-state index in [0.29, 0.717) is 28.5 Å². The third kappa shape index (κ3) is 29.5. The van der Waals surface area contributed by atoms with Crippen LogP contribution in [-0.4, -0.2) is 54.5 Å². The molecule has 100 heavy (non-hydrogen) atoms. The van der Waals surface area contributed by atoms with Crippen LogP contribution in [0.2, 0.25) is 0 Å². The van der Waals surface area contributed by atoms with E-state index in [9.17, 15) is 24.0 Å². The van der Waals surface area contributed by atoms with Crippen LogP contribution >= 0.6 is 56.7 Å². The van der Waals surface area contributed by atoms with Gasteiger partial charge >= 0.3 is 0 Å². The molecule has 0 saturated carbocycles. The van der Waals surface area contributed by atoms with E-state index in [-0.39, 0.29) is 509 Å². The molecule has 10 aromatic rings. The zero-order valence-corrected chi connectivity index (χ0v) is 116. The van der Waals surface area contributed by atoms with Crippen molar-refractivity contribution in [3.8, 4) is 54.2 Å². The van der Waals surface area contributed by atoms with Crippen LogP contribution in [-0.2, 0) is 531 Å². The Morgan fingerprint density at radius 3 is 1.08 bits per heavy atom. The molecule has 5 aliphatic carbocycles. The third-order valence-corrected chi connectivity index (χ3v) is 19.6. The normalized spacial score (nSPS) is 10.5. The van der Waals surface area contributed by atoms with Crippen LogP contribution in [0.5, 0.6) is 0 Å². The summed E-state index contributed by atoms with van der Waals surface area (Å²) in [6.45, 7) is 24.0. The molecule has 0 unspecified atom stereocenters. The first-order valence-electron chi connectivity index (χ1n) is 25.5. The summed E-state index contributed by atoms with van der Waals surface area (Å²) in [6.07, 6.45) is 8.14. The number of aryl methyl sites for hydroxylation is 8. The van der Waals surface area contributed by atoms with E-state index in [1.165, 1.54) is 65.5 Å². The van der Waals surface area contributed by atoms with Gasteiger partial charge in [0.05, 0.1) is 0 Å². The van der Waals surface area contributed by atoms with E-state index in [0.717, 1.165) is 125 Å². The summed E-state index contributed by atoms with van der Waals surface area (Å²) in [5.41, 5.74) is 17.7. The number of ketones is 4. The number of amides is 1. The Kier molecular flexibility index (Phi) is 75.7. The molecule has 0 aliphatic heterocycles. The maximum atomic E-state index is 11.7. The van der Waals surface area contributed by atoms with Gasteiger partial charge in [-0.25, -0.2) is 0 Å². The molecule has 0 bridgehead atoms. The number of nitrogens with zero attached hydrogens (tertiary/aromatic N) is 10. The quantitative estimate of drug-likeness (QED) is 0.125. The van der Waals surface area contributed by atoms with E-state index in [2.05, 4.69) is 156 Å². The van der Waals surface area contributed by atoms with Crippen molar-refractivity contribution in [2.24, 2.45) is 0 Å². The first kappa shape index (κ1) is 129. The standard InChI is InChI=1S/C13H14N3OS.2C12H11N2OS.2C11H9N2OS.15W.5Y/c1-7-6-8-4-3-5-9-10(12(8)18-7)15-16-11(9)13(17)14-2;1-6-5-9-10(16-6)4-3-8-11(7(2)15)13-14-12(8)9;1-6-5-8-3-4-9-10(7(2)15)13-14-11(9)12(8)16-6;1-5-3-7-9(15-5)4-8-10(6(2)14)12-13-11(7)8;1-5-3-7-4-8-9(6(2)14)12-13-10(8)11(7)15-5;;;;;;;;;;;;;;;;;;;;/h6H,2-5H2,1H3,(H2,14,15,16,17);2*5H,2-4H2,1H3,(H,13,14,15);2*3H,2,4H2,1H3,(H,12,13,14);;;;;;;;;;;;;;;;;;;;/q5*-1;;;;;;;;;;;;;;;;;;;;/p-5. The molecule has 515 valence electrons. The molecule has 10 heterocycles. The fourth-order valence-corrected chi connectivity index (χ4v) is 16.1.